The second-order valence-corrected chi connectivity index (χ2v) is 13.8. The summed E-state index contributed by atoms with van der Waals surface area (Å²) < 4.78 is 0. The molecule has 0 saturated carbocycles. The highest BCUT2D eigenvalue weighted by molar-refractivity contribution is 6.83. The van der Waals surface area contributed by atoms with E-state index in [9.17, 15) is 4.79 Å². The van der Waals surface area contributed by atoms with Crippen LogP contribution in [0.15, 0.2) is 49.3 Å². The van der Waals surface area contributed by atoms with E-state index in [1.54, 1.807) is 12.4 Å². The van der Waals surface area contributed by atoms with Crippen LogP contribution >= 0.6 is 0 Å². The van der Waals surface area contributed by atoms with Gasteiger partial charge in [0.15, 0.2) is 5.69 Å². The number of carbonyl (C=O) groups excluding carboxylic acids is 1. The molecule has 0 bridgehead atoms. The van der Waals surface area contributed by atoms with Crippen molar-refractivity contribution in [3.63, 3.8) is 0 Å². The number of nitrogens with zero attached hydrogens (tertiary/aromatic N) is 5. The van der Waals surface area contributed by atoms with E-state index in [-0.39, 0.29) is 11.9 Å². The fourth-order valence-corrected chi connectivity index (χ4v) is 4.09. The summed E-state index contributed by atoms with van der Waals surface area (Å²) in [5.74, 6) is 4.27. The Labute approximate surface area is 194 Å². The number of hydrogen-bond donors (Lipinski definition) is 2. The zero-order valence-electron chi connectivity index (χ0n) is 19.1. The number of fused-ring (bicyclic) bond motifs is 1. The molecule has 8 nitrogen and oxygen atoms in total. The lowest BCUT2D eigenvalue weighted by Gasteiger charge is -2.20. The van der Waals surface area contributed by atoms with Gasteiger partial charge in [-0.3, -0.25) is 4.79 Å². The largest absolute Gasteiger partial charge is 0.354 e. The molecule has 1 saturated heterocycles. The summed E-state index contributed by atoms with van der Waals surface area (Å²) in [6, 6.07) is 7.95. The Bertz CT molecular complexity index is 1240. The summed E-state index contributed by atoms with van der Waals surface area (Å²) in [7, 11) is -1.46. The second kappa shape index (κ2) is 9.38. The van der Waals surface area contributed by atoms with Crippen molar-refractivity contribution in [3.8, 4) is 11.5 Å². The lowest BCUT2D eigenvalue weighted by atomic mass is 10.1. The van der Waals surface area contributed by atoms with Crippen molar-refractivity contribution in [2.75, 3.05) is 28.6 Å². The molecule has 2 N–H and O–H groups in total. The zero-order valence-corrected chi connectivity index (χ0v) is 20.1. The van der Waals surface area contributed by atoms with Gasteiger partial charge in [0.1, 0.15) is 13.9 Å². The summed E-state index contributed by atoms with van der Waals surface area (Å²) in [5, 5.41) is 16.6. The van der Waals surface area contributed by atoms with E-state index in [1.165, 1.54) is 6.08 Å². The third-order valence-corrected chi connectivity index (χ3v) is 6.02. The number of benzene rings is 1. The highest BCUT2D eigenvalue weighted by Gasteiger charge is 2.25. The third-order valence-electron chi connectivity index (χ3n) is 5.14. The van der Waals surface area contributed by atoms with Crippen LogP contribution in [-0.2, 0) is 4.79 Å². The molecule has 1 atom stereocenters. The normalized spacial score (nSPS) is 15.6. The van der Waals surface area contributed by atoms with E-state index in [2.05, 4.69) is 73.4 Å². The molecule has 1 fully saturated rings. The van der Waals surface area contributed by atoms with Gasteiger partial charge >= 0.3 is 0 Å². The maximum Gasteiger partial charge on any atom is 0.247 e. The van der Waals surface area contributed by atoms with Crippen LogP contribution in [0.1, 0.15) is 12.1 Å². The Kier molecular flexibility index (Phi) is 6.37. The van der Waals surface area contributed by atoms with Crippen LogP contribution in [0, 0.1) is 11.5 Å². The van der Waals surface area contributed by atoms with Crippen molar-refractivity contribution in [2.24, 2.45) is 0 Å². The third kappa shape index (κ3) is 5.73. The van der Waals surface area contributed by atoms with Crippen molar-refractivity contribution in [3.05, 3.63) is 55.0 Å². The Hall–Kier alpha value is -3.77. The number of hydrogen-bond acceptors (Lipinski definition) is 7. The van der Waals surface area contributed by atoms with E-state index in [4.69, 9.17) is 0 Å². The van der Waals surface area contributed by atoms with Crippen LogP contribution in [0.25, 0.3) is 10.8 Å². The average Bonchev–Trinajstić information content (AvgIpc) is 3.25. The number of nitrogens with one attached hydrogen (secondary N) is 2. The van der Waals surface area contributed by atoms with Gasteiger partial charge in [0, 0.05) is 36.4 Å². The van der Waals surface area contributed by atoms with E-state index in [0.29, 0.717) is 11.6 Å². The molecule has 9 heteroatoms. The molecule has 2 aromatic heterocycles. The summed E-state index contributed by atoms with van der Waals surface area (Å²) in [4.78, 5) is 22.9. The van der Waals surface area contributed by atoms with Crippen LogP contribution in [0.2, 0.25) is 19.6 Å². The molecule has 0 spiro atoms. The van der Waals surface area contributed by atoms with Crippen molar-refractivity contribution in [1.82, 2.24) is 20.2 Å². The topological polar surface area (TPSA) is 95.9 Å². The summed E-state index contributed by atoms with van der Waals surface area (Å²) in [5.41, 5.74) is 4.60. The molecule has 0 radical (unpaired) electrons. The van der Waals surface area contributed by atoms with Crippen LogP contribution in [0.5, 0.6) is 0 Å². The molecule has 1 aliphatic heterocycles. The van der Waals surface area contributed by atoms with Crippen molar-refractivity contribution >= 4 is 42.2 Å². The first-order valence-corrected chi connectivity index (χ1v) is 14.4. The standard InChI is InChI=1S/C24H27N7OSi/c1-5-22(32)27-18-6-7-21-17(14-18)8-11-25-23(21)31-12-9-20(16-31)28-24-26-15-19(29-30-24)10-13-33(2,3)4/h5-8,11,14-15,20H,1,9,12,16H2,2-4H3,(H,27,32)(H,26,28,30). The second-order valence-electron chi connectivity index (χ2n) is 9.01. The maximum atomic E-state index is 11.6. The molecule has 1 amide bonds. The molecule has 3 heterocycles. The fourth-order valence-electron chi connectivity index (χ4n) is 3.59. The minimum Gasteiger partial charge on any atom is -0.354 e. The number of carbonyl (C=O) groups is 1. The smallest absolute Gasteiger partial charge is 0.247 e. The lowest BCUT2D eigenvalue weighted by molar-refractivity contribution is -0.111. The first-order valence-electron chi connectivity index (χ1n) is 10.9. The van der Waals surface area contributed by atoms with Crippen LogP contribution in [-0.4, -0.2) is 53.3 Å². The molecule has 4 rings (SSSR count). The van der Waals surface area contributed by atoms with E-state index < -0.39 is 8.07 Å². The molecule has 33 heavy (non-hydrogen) atoms. The zero-order chi connectivity index (χ0) is 23.4. The van der Waals surface area contributed by atoms with Crippen LogP contribution in [0.4, 0.5) is 17.5 Å². The molecule has 3 aromatic rings. The van der Waals surface area contributed by atoms with Crippen LogP contribution < -0.4 is 15.5 Å². The lowest BCUT2D eigenvalue weighted by Crippen LogP contribution is -2.27. The quantitative estimate of drug-likeness (QED) is 0.344. The molecule has 1 aliphatic rings. The monoisotopic (exact) mass is 457 g/mol. The Balaban J connectivity index is 1.44. The van der Waals surface area contributed by atoms with Crippen molar-refractivity contribution in [1.29, 1.82) is 0 Å². The van der Waals surface area contributed by atoms with Crippen molar-refractivity contribution < 1.29 is 4.79 Å². The van der Waals surface area contributed by atoms with Gasteiger partial charge in [-0.05, 0) is 42.1 Å². The highest BCUT2D eigenvalue weighted by Crippen LogP contribution is 2.29. The average molecular weight is 458 g/mol. The van der Waals surface area contributed by atoms with Crippen molar-refractivity contribution in [2.45, 2.75) is 32.1 Å². The van der Waals surface area contributed by atoms with Gasteiger partial charge in [0.25, 0.3) is 0 Å². The maximum absolute atomic E-state index is 11.6. The number of pyridine rings is 1. The van der Waals surface area contributed by atoms with E-state index >= 15 is 0 Å². The summed E-state index contributed by atoms with van der Waals surface area (Å²) >= 11 is 0. The van der Waals surface area contributed by atoms with Gasteiger partial charge in [0.05, 0.1) is 6.20 Å². The summed E-state index contributed by atoms with van der Waals surface area (Å²) in [6.07, 6.45) is 5.66. The Morgan fingerprint density at radius 1 is 1.24 bits per heavy atom. The SMILES string of the molecule is C=CC(=O)Nc1ccc2c(N3CCC(Nc4ncc(C#C[Si](C)(C)C)nn4)C3)nccc2c1. The van der Waals surface area contributed by atoms with Gasteiger partial charge in [-0.1, -0.05) is 32.1 Å². The Morgan fingerprint density at radius 2 is 2.09 bits per heavy atom. The van der Waals surface area contributed by atoms with Gasteiger partial charge in [-0.25, -0.2) is 9.97 Å². The molecule has 1 aromatic carbocycles. The van der Waals surface area contributed by atoms with E-state index in [0.717, 1.165) is 41.8 Å². The number of anilines is 3. The predicted octanol–water partition coefficient (Wildman–Crippen LogP) is 3.46. The first kappa shape index (κ1) is 22.4. The predicted molar refractivity (Wildman–Crippen MR) is 135 cm³/mol. The number of aromatic nitrogens is 4. The summed E-state index contributed by atoms with van der Waals surface area (Å²) in [6.45, 7) is 11.7. The van der Waals surface area contributed by atoms with Gasteiger partial charge in [-0.15, -0.1) is 15.7 Å². The number of rotatable bonds is 5. The van der Waals surface area contributed by atoms with Gasteiger partial charge in [0.2, 0.25) is 11.9 Å². The molecule has 0 aliphatic carbocycles. The molecule has 168 valence electrons. The minimum atomic E-state index is -1.46. The van der Waals surface area contributed by atoms with E-state index in [1.807, 2.05) is 24.3 Å². The Morgan fingerprint density at radius 3 is 2.82 bits per heavy atom. The first-order chi connectivity index (χ1) is 15.8. The molecule has 1 unspecified atom stereocenters. The molecular formula is C24H27N7OSi. The fraction of sp³-hybridized carbons (Fsp3) is 0.292. The highest BCUT2D eigenvalue weighted by atomic mass is 28.3. The van der Waals surface area contributed by atoms with Gasteiger partial charge in [-0.2, -0.15) is 0 Å². The number of amides is 1. The van der Waals surface area contributed by atoms with Crippen LogP contribution in [0.3, 0.4) is 0 Å². The van der Waals surface area contributed by atoms with Gasteiger partial charge < -0.3 is 15.5 Å². The molecular weight excluding hydrogens is 430 g/mol. The minimum absolute atomic E-state index is 0.189.